The summed E-state index contributed by atoms with van der Waals surface area (Å²) in [5.41, 5.74) is 1.38. The average Bonchev–Trinajstić information content (AvgIpc) is 2.33. The minimum absolute atomic E-state index is 0.499. The predicted molar refractivity (Wildman–Crippen MR) is 65.4 cm³/mol. The fourth-order valence-corrected chi connectivity index (χ4v) is 2.19. The van der Waals surface area contributed by atoms with E-state index in [-0.39, 0.29) is 0 Å². The lowest BCUT2D eigenvalue weighted by Crippen LogP contribution is -2.52. The highest BCUT2D eigenvalue weighted by molar-refractivity contribution is 5.14. The molecule has 0 saturated carbocycles. The molecule has 16 heavy (non-hydrogen) atoms. The number of nitrogens with zero attached hydrogens (tertiary/aromatic N) is 1. The summed E-state index contributed by atoms with van der Waals surface area (Å²) < 4.78 is 5.27. The molecular formula is C13H20N2O. The Bertz CT molecular complexity index is 300. The third kappa shape index (κ3) is 3.04. The molecule has 0 aliphatic carbocycles. The summed E-state index contributed by atoms with van der Waals surface area (Å²) in [6, 6.07) is 11.1. The van der Waals surface area contributed by atoms with E-state index < -0.39 is 0 Å². The van der Waals surface area contributed by atoms with Crippen LogP contribution in [0.3, 0.4) is 0 Å². The molecule has 1 saturated heterocycles. The first-order valence-corrected chi connectivity index (χ1v) is 5.88. The zero-order valence-electron chi connectivity index (χ0n) is 9.86. The third-order valence-corrected chi connectivity index (χ3v) is 3.06. The van der Waals surface area contributed by atoms with Gasteiger partial charge in [0.15, 0.2) is 0 Å². The highest BCUT2D eigenvalue weighted by Gasteiger charge is 2.21. The fraction of sp³-hybridized carbons (Fsp3) is 0.538. The van der Waals surface area contributed by atoms with E-state index >= 15 is 0 Å². The van der Waals surface area contributed by atoms with Gasteiger partial charge in [-0.2, -0.15) is 0 Å². The van der Waals surface area contributed by atoms with Crippen LogP contribution in [0.5, 0.6) is 0 Å². The van der Waals surface area contributed by atoms with Crippen LogP contribution in [0, 0.1) is 0 Å². The largest absolute Gasteiger partial charge is 0.383 e. The van der Waals surface area contributed by atoms with Gasteiger partial charge in [0.25, 0.3) is 0 Å². The minimum atomic E-state index is 0.499. The Morgan fingerprint density at radius 3 is 2.94 bits per heavy atom. The Morgan fingerprint density at radius 1 is 1.38 bits per heavy atom. The molecule has 1 N–H and O–H groups in total. The second-order valence-electron chi connectivity index (χ2n) is 4.27. The highest BCUT2D eigenvalue weighted by Crippen LogP contribution is 2.10. The molecule has 1 atom stereocenters. The summed E-state index contributed by atoms with van der Waals surface area (Å²) in [6.07, 6.45) is 0. The van der Waals surface area contributed by atoms with Crippen molar-refractivity contribution in [3.63, 3.8) is 0 Å². The maximum atomic E-state index is 5.27. The van der Waals surface area contributed by atoms with Crippen molar-refractivity contribution in [2.45, 2.75) is 12.6 Å². The minimum Gasteiger partial charge on any atom is -0.383 e. The molecule has 3 nitrogen and oxygen atoms in total. The van der Waals surface area contributed by atoms with Crippen LogP contribution in [0.15, 0.2) is 30.3 Å². The molecule has 0 bridgehead atoms. The predicted octanol–water partition coefficient (Wildman–Crippen LogP) is 1.11. The van der Waals surface area contributed by atoms with Gasteiger partial charge in [0, 0.05) is 39.3 Å². The fourth-order valence-electron chi connectivity index (χ4n) is 2.19. The van der Waals surface area contributed by atoms with E-state index in [1.54, 1.807) is 7.11 Å². The normalized spacial score (nSPS) is 22.2. The smallest absolute Gasteiger partial charge is 0.0630 e. The summed E-state index contributed by atoms with van der Waals surface area (Å²) in [5, 5.41) is 3.41. The van der Waals surface area contributed by atoms with E-state index in [2.05, 4.69) is 40.5 Å². The number of benzene rings is 1. The quantitative estimate of drug-likeness (QED) is 0.822. The number of nitrogens with one attached hydrogen (secondary N) is 1. The van der Waals surface area contributed by atoms with Crippen molar-refractivity contribution in [3.8, 4) is 0 Å². The lowest BCUT2D eigenvalue weighted by Gasteiger charge is -2.35. The number of hydrogen-bond donors (Lipinski definition) is 1. The molecule has 88 valence electrons. The number of rotatable bonds is 4. The Hall–Kier alpha value is -0.900. The van der Waals surface area contributed by atoms with Crippen molar-refractivity contribution in [3.05, 3.63) is 35.9 Å². The summed E-state index contributed by atoms with van der Waals surface area (Å²) >= 11 is 0. The zero-order valence-corrected chi connectivity index (χ0v) is 9.86. The highest BCUT2D eigenvalue weighted by atomic mass is 16.5. The van der Waals surface area contributed by atoms with Gasteiger partial charge in [-0.3, -0.25) is 4.90 Å². The van der Waals surface area contributed by atoms with Gasteiger partial charge in [0.1, 0.15) is 0 Å². The van der Waals surface area contributed by atoms with E-state index in [0.29, 0.717) is 6.04 Å². The molecule has 3 heteroatoms. The lowest BCUT2D eigenvalue weighted by molar-refractivity contribution is 0.0687. The molecule has 1 heterocycles. The first-order chi connectivity index (χ1) is 7.90. The van der Waals surface area contributed by atoms with Crippen LogP contribution >= 0.6 is 0 Å². The molecule has 1 aliphatic heterocycles. The van der Waals surface area contributed by atoms with Gasteiger partial charge in [0.2, 0.25) is 0 Å². The Balaban J connectivity index is 1.96. The van der Waals surface area contributed by atoms with Gasteiger partial charge in [0.05, 0.1) is 6.61 Å². The zero-order chi connectivity index (χ0) is 11.2. The summed E-state index contributed by atoms with van der Waals surface area (Å²) in [7, 11) is 1.77. The monoisotopic (exact) mass is 220 g/mol. The molecular weight excluding hydrogens is 200 g/mol. The second-order valence-corrected chi connectivity index (χ2v) is 4.27. The Kier molecular flexibility index (Phi) is 4.34. The van der Waals surface area contributed by atoms with Gasteiger partial charge >= 0.3 is 0 Å². The van der Waals surface area contributed by atoms with Crippen molar-refractivity contribution in [2.75, 3.05) is 33.4 Å². The van der Waals surface area contributed by atoms with E-state index in [1.807, 2.05) is 0 Å². The van der Waals surface area contributed by atoms with E-state index in [1.165, 1.54) is 5.56 Å². The van der Waals surface area contributed by atoms with Gasteiger partial charge in [-0.05, 0) is 5.56 Å². The first-order valence-electron chi connectivity index (χ1n) is 5.88. The van der Waals surface area contributed by atoms with Crippen LogP contribution in [-0.2, 0) is 11.3 Å². The lowest BCUT2D eigenvalue weighted by atomic mass is 10.1. The molecule has 1 aliphatic rings. The topological polar surface area (TPSA) is 24.5 Å². The molecule has 0 amide bonds. The van der Waals surface area contributed by atoms with Gasteiger partial charge in [-0.1, -0.05) is 30.3 Å². The summed E-state index contributed by atoms with van der Waals surface area (Å²) in [5.74, 6) is 0. The molecule has 1 aromatic rings. The number of methoxy groups -OCH3 is 1. The van der Waals surface area contributed by atoms with Crippen LogP contribution < -0.4 is 5.32 Å². The van der Waals surface area contributed by atoms with Crippen LogP contribution in [0.1, 0.15) is 5.56 Å². The Labute approximate surface area is 97.4 Å². The van der Waals surface area contributed by atoms with Crippen molar-refractivity contribution in [1.29, 1.82) is 0 Å². The maximum Gasteiger partial charge on any atom is 0.0630 e. The number of hydrogen-bond acceptors (Lipinski definition) is 3. The SMILES string of the molecule is COC[C@@H]1CNCCN1Cc1ccccc1. The standard InChI is InChI=1S/C13H20N2O/c1-16-11-13-9-14-7-8-15(13)10-12-5-3-2-4-6-12/h2-6,13-14H,7-11H2,1H3/t13-/m0/s1. The van der Waals surface area contributed by atoms with Crippen LogP contribution in [0.4, 0.5) is 0 Å². The molecule has 2 rings (SSSR count). The Morgan fingerprint density at radius 2 is 2.19 bits per heavy atom. The van der Waals surface area contributed by atoms with Crippen molar-refractivity contribution in [2.24, 2.45) is 0 Å². The van der Waals surface area contributed by atoms with Crippen molar-refractivity contribution in [1.82, 2.24) is 10.2 Å². The van der Waals surface area contributed by atoms with Crippen molar-refractivity contribution < 1.29 is 4.74 Å². The van der Waals surface area contributed by atoms with Gasteiger partial charge in [-0.25, -0.2) is 0 Å². The maximum absolute atomic E-state index is 5.27. The van der Waals surface area contributed by atoms with Gasteiger partial charge < -0.3 is 10.1 Å². The van der Waals surface area contributed by atoms with E-state index in [9.17, 15) is 0 Å². The van der Waals surface area contributed by atoms with Crippen LogP contribution in [0.25, 0.3) is 0 Å². The second kappa shape index (κ2) is 5.99. The summed E-state index contributed by atoms with van der Waals surface area (Å²) in [4.78, 5) is 2.50. The molecule has 1 aromatic carbocycles. The van der Waals surface area contributed by atoms with Gasteiger partial charge in [-0.15, -0.1) is 0 Å². The average molecular weight is 220 g/mol. The number of piperazine rings is 1. The molecule has 0 radical (unpaired) electrons. The van der Waals surface area contributed by atoms with E-state index in [4.69, 9.17) is 4.74 Å². The summed E-state index contributed by atoms with van der Waals surface area (Å²) in [6.45, 7) is 5.03. The van der Waals surface area contributed by atoms with Crippen LogP contribution in [-0.4, -0.2) is 44.3 Å². The molecule has 1 fully saturated rings. The van der Waals surface area contributed by atoms with E-state index in [0.717, 1.165) is 32.8 Å². The molecule has 0 aromatic heterocycles. The van der Waals surface area contributed by atoms with Crippen molar-refractivity contribution >= 4 is 0 Å². The van der Waals surface area contributed by atoms with Crippen LogP contribution in [0.2, 0.25) is 0 Å². The third-order valence-electron chi connectivity index (χ3n) is 3.06. The first kappa shape index (κ1) is 11.6. The number of ether oxygens (including phenoxy) is 1. The molecule has 0 spiro atoms. The molecule has 0 unspecified atom stereocenters.